The average molecular weight is 188 g/mol. The standard InChI is InChI=1S/C12H16N2/c1-13-9-5-3-7-11(13)12-8-4-6-10-14(12)2/h3-9,11H,10H2,1-2H3. The predicted molar refractivity (Wildman–Crippen MR) is 59.7 cm³/mol. The molecule has 0 radical (unpaired) electrons. The monoisotopic (exact) mass is 188 g/mol. The predicted octanol–water partition coefficient (Wildman–Crippen LogP) is 1.76. The van der Waals surface area contributed by atoms with Gasteiger partial charge in [0.05, 0.1) is 6.04 Å². The van der Waals surface area contributed by atoms with E-state index in [1.165, 1.54) is 5.70 Å². The summed E-state index contributed by atoms with van der Waals surface area (Å²) in [7, 11) is 4.24. The van der Waals surface area contributed by atoms with Crippen molar-refractivity contribution in [1.29, 1.82) is 0 Å². The van der Waals surface area contributed by atoms with Crippen molar-refractivity contribution in [3.05, 3.63) is 48.4 Å². The molecule has 0 aromatic rings. The molecule has 0 spiro atoms. The first-order chi connectivity index (χ1) is 6.79. The topological polar surface area (TPSA) is 6.48 Å². The molecule has 0 aliphatic carbocycles. The zero-order chi connectivity index (χ0) is 9.97. The van der Waals surface area contributed by atoms with Crippen molar-refractivity contribution in [3.8, 4) is 0 Å². The molecule has 2 heteroatoms. The molecule has 1 unspecified atom stereocenters. The van der Waals surface area contributed by atoms with Crippen LogP contribution in [0.15, 0.2) is 48.4 Å². The highest BCUT2D eigenvalue weighted by Crippen LogP contribution is 2.19. The summed E-state index contributed by atoms with van der Waals surface area (Å²) in [5.74, 6) is 0. The van der Waals surface area contributed by atoms with Crippen LogP contribution in [0.25, 0.3) is 0 Å². The van der Waals surface area contributed by atoms with E-state index in [9.17, 15) is 0 Å². The molecule has 0 saturated carbocycles. The highest BCUT2D eigenvalue weighted by atomic mass is 15.2. The molecule has 2 rings (SSSR count). The Balaban J connectivity index is 2.21. The van der Waals surface area contributed by atoms with Crippen molar-refractivity contribution in [3.63, 3.8) is 0 Å². The fourth-order valence-electron chi connectivity index (χ4n) is 1.83. The molecule has 0 amide bonds. The van der Waals surface area contributed by atoms with Crippen LogP contribution in [0.1, 0.15) is 0 Å². The Hall–Kier alpha value is -1.44. The minimum absolute atomic E-state index is 0.384. The van der Waals surface area contributed by atoms with Crippen LogP contribution >= 0.6 is 0 Å². The van der Waals surface area contributed by atoms with E-state index in [1.54, 1.807) is 0 Å². The van der Waals surface area contributed by atoms with Gasteiger partial charge in [-0.15, -0.1) is 0 Å². The zero-order valence-electron chi connectivity index (χ0n) is 8.72. The Kier molecular flexibility index (Phi) is 2.44. The summed E-state index contributed by atoms with van der Waals surface area (Å²) in [5.41, 5.74) is 1.36. The molecule has 0 bridgehead atoms. The summed E-state index contributed by atoms with van der Waals surface area (Å²) in [4.78, 5) is 4.51. The van der Waals surface area contributed by atoms with E-state index in [2.05, 4.69) is 66.6 Å². The molecule has 1 atom stereocenters. The summed E-state index contributed by atoms with van der Waals surface area (Å²) in [6, 6.07) is 0.384. The lowest BCUT2D eigenvalue weighted by Gasteiger charge is -2.34. The number of hydrogen-bond acceptors (Lipinski definition) is 2. The molecule has 0 fully saturated rings. The van der Waals surface area contributed by atoms with Gasteiger partial charge in [0.2, 0.25) is 0 Å². The largest absolute Gasteiger partial charge is 0.372 e. The van der Waals surface area contributed by atoms with Gasteiger partial charge in [-0.05, 0) is 18.4 Å². The van der Waals surface area contributed by atoms with Crippen LogP contribution in [0, 0.1) is 0 Å². The molecule has 0 saturated heterocycles. The van der Waals surface area contributed by atoms with E-state index < -0.39 is 0 Å². The molecule has 0 aromatic heterocycles. The lowest BCUT2D eigenvalue weighted by atomic mass is 10.1. The van der Waals surface area contributed by atoms with E-state index >= 15 is 0 Å². The Labute approximate surface area is 85.5 Å². The Morgan fingerprint density at radius 1 is 1.21 bits per heavy atom. The van der Waals surface area contributed by atoms with Crippen molar-refractivity contribution >= 4 is 0 Å². The van der Waals surface area contributed by atoms with E-state index in [4.69, 9.17) is 0 Å². The third-order valence-electron chi connectivity index (χ3n) is 2.69. The van der Waals surface area contributed by atoms with Crippen molar-refractivity contribution in [2.75, 3.05) is 20.6 Å². The van der Waals surface area contributed by atoms with Gasteiger partial charge in [-0.2, -0.15) is 0 Å². The molecular formula is C12H16N2. The highest BCUT2D eigenvalue weighted by molar-refractivity contribution is 5.29. The van der Waals surface area contributed by atoms with Crippen molar-refractivity contribution in [2.45, 2.75) is 6.04 Å². The van der Waals surface area contributed by atoms with E-state index in [0.717, 1.165) is 6.54 Å². The first-order valence-electron chi connectivity index (χ1n) is 4.94. The summed E-state index contributed by atoms with van der Waals surface area (Å²) in [6.07, 6.45) is 15.0. The van der Waals surface area contributed by atoms with Crippen LogP contribution in [0.4, 0.5) is 0 Å². The number of allylic oxidation sites excluding steroid dienone is 4. The maximum absolute atomic E-state index is 2.28. The minimum atomic E-state index is 0.384. The Bertz CT molecular complexity index is 323. The lowest BCUT2D eigenvalue weighted by molar-refractivity contribution is 0.333. The van der Waals surface area contributed by atoms with Crippen LogP contribution in [0.3, 0.4) is 0 Å². The second kappa shape index (κ2) is 3.74. The Morgan fingerprint density at radius 2 is 2.07 bits per heavy atom. The molecule has 2 nitrogen and oxygen atoms in total. The lowest BCUT2D eigenvalue weighted by Crippen LogP contribution is -2.36. The number of hydrogen-bond donors (Lipinski definition) is 0. The van der Waals surface area contributed by atoms with E-state index in [0.29, 0.717) is 6.04 Å². The number of nitrogens with zero attached hydrogens (tertiary/aromatic N) is 2. The average Bonchev–Trinajstić information content (AvgIpc) is 2.20. The third-order valence-corrected chi connectivity index (χ3v) is 2.69. The molecule has 2 aliphatic heterocycles. The van der Waals surface area contributed by atoms with Gasteiger partial charge in [0, 0.05) is 26.3 Å². The summed E-state index contributed by atoms with van der Waals surface area (Å²) < 4.78 is 0. The normalized spacial score (nSPS) is 25.6. The number of rotatable bonds is 1. The van der Waals surface area contributed by atoms with Gasteiger partial charge < -0.3 is 9.80 Å². The van der Waals surface area contributed by atoms with Gasteiger partial charge in [-0.25, -0.2) is 0 Å². The second-order valence-electron chi connectivity index (χ2n) is 3.74. The van der Waals surface area contributed by atoms with Gasteiger partial charge >= 0.3 is 0 Å². The van der Waals surface area contributed by atoms with Crippen molar-refractivity contribution in [1.82, 2.24) is 9.80 Å². The van der Waals surface area contributed by atoms with Crippen LogP contribution in [-0.4, -0.2) is 36.5 Å². The van der Waals surface area contributed by atoms with Gasteiger partial charge in [-0.1, -0.05) is 24.3 Å². The highest BCUT2D eigenvalue weighted by Gasteiger charge is 2.19. The summed E-state index contributed by atoms with van der Waals surface area (Å²) in [6.45, 7) is 1.01. The van der Waals surface area contributed by atoms with Crippen molar-refractivity contribution < 1.29 is 0 Å². The van der Waals surface area contributed by atoms with Gasteiger partial charge in [0.1, 0.15) is 0 Å². The van der Waals surface area contributed by atoms with Gasteiger partial charge in [0.15, 0.2) is 0 Å². The molecule has 2 aliphatic rings. The Morgan fingerprint density at radius 3 is 2.79 bits per heavy atom. The zero-order valence-corrected chi connectivity index (χ0v) is 8.72. The molecule has 0 N–H and O–H groups in total. The van der Waals surface area contributed by atoms with Gasteiger partial charge in [-0.3, -0.25) is 0 Å². The first-order valence-corrected chi connectivity index (χ1v) is 4.94. The van der Waals surface area contributed by atoms with E-state index in [-0.39, 0.29) is 0 Å². The molecule has 74 valence electrons. The third kappa shape index (κ3) is 1.60. The molecule has 2 heterocycles. The second-order valence-corrected chi connectivity index (χ2v) is 3.74. The van der Waals surface area contributed by atoms with Crippen LogP contribution in [0.2, 0.25) is 0 Å². The summed E-state index contributed by atoms with van der Waals surface area (Å²) in [5, 5.41) is 0. The maximum Gasteiger partial charge on any atom is 0.0868 e. The smallest absolute Gasteiger partial charge is 0.0868 e. The molecular weight excluding hydrogens is 172 g/mol. The first kappa shape index (κ1) is 9.13. The van der Waals surface area contributed by atoms with Crippen molar-refractivity contribution in [2.24, 2.45) is 0 Å². The molecule has 14 heavy (non-hydrogen) atoms. The maximum atomic E-state index is 2.28. The van der Waals surface area contributed by atoms with Crippen LogP contribution in [-0.2, 0) is 0 Å². The fourth-order valence-corrected chi connectivity index (χ4v) is 1.83. The van der Waals surface area contributed by atoms with Crippen LogP contribution in [0.5, 0.6) is 0 Å². The van der Waals surface area contributed by atoms with Gasteiger partial charge in [0.25, 0.3) is 0 Å². The molecule has 0 aromatic carbocycles. The summed E-state index contributed by atoms with van der Waals surface area (Å²) >= 11 is 0. The number of likely N-dealkylation sites (N-methyl/N-ethyl adjacent to an activating group) is 2. The SMILES string of the molecule is CN1CC=CC=C1C1C=CC=CN1C. The quantitative estimate of drug-likeness (QED) is 0.618. The van der Waals surface area contributed by atoms with E-state index in [1.807, 2.05) is 0 Å². The fraction of sp³-hybridized carbons (Fsp3) is 0.333. The minimum Gasteiger partial charge on any atom is -0.372 e. The van der Waals surface area contributed by atoms with Crippen LogP contribution < -0.4 is 0 Å².